The molecule has 3 N–H and O–H groups in total. The van der Waals surface area contributed by atoms with Crippen molar-refractivity contribution in [2.45, 2.75) is 25.9 Å². The standard InChI is InChI=1S/C22H23N5O2S/c1-13-7-9-17(24-13)21-20(16-6-4-5-11-23-16)26-22(30)27(21)15-8-10-19(29-3)18(12-15)25-14(2)28/h4-12,20-21,24H,1-3H3,(H,25,28)(H,26,30)/t20-,21+/m1/s1. The predicted octanol–water partition coefficient (Wildman–Crippen LogP) is 3.86. The van der Waals surface area contributed by atoms with E-state index >= 15 is 0 Å². The third-order valence-corrected chi connectivity index (χ3v) is 5.36. The molecule has 2 atom stereocenters. The van der Waals surface area contributed by atoms with Gasteiger partial charge in [-0.25, -0.2) is 0 Å². The lowest BCUT2D eigenvalue weighted by Crippen LogP contribution is -2.29. The van der Waals surface area contributed by atoms with Crippen LogP contribution in [-0.2, 0) is 4.79 Å². The molecule has 154 valence electrons. The number of aromatic nitrogens is 2. The maximum absolute atomic E-state index is 11.7. The summed E-state index contributed by atoms with van der Waals surface area (Å²) < 4.78 is 5.40. The van der Waals surface area contributed by atoms with Gasteiger partial charge in [0.2, 0.25) is 5.91 Å². The minimum atomic E-state index is -0.171. The van der Waals surface area contributed by atoms with Crippen molar-refractivity contribution in [1.82, 2.24) is 15.3 Å². The number of hydrogen-bond acceptors (Lipinski definition) is 4. The Balaban J connectivity index is 1.81. The van der Waals surface area contributed by atoms with Gasteiger partial charge < -0.3 is 25.3 Å². The first-order valence-corrected chi connectivity index (χ1v) is 10.0. The third-order valence-electron chi connectivity index (χ3n) is 5.04. The summed E-state index contributed by atoms with van der Waals surface area (Å²) in [7, 11) is 1.57. The van der Waals surface area contributed by atoms with Crippen molar-refractivity contribution in [1.29, 1.82) is 0 Å². The van der Waals surface area contributed by atoms with Gasteiger partial charge in [0.15, 0.2) is 5.11 Å². The number of nitrogens with one attached hydrogen (secondary N) is 3. The summed E-state index contributed by atoms with van der Waals surface area (Å²) in [5.41, 5.74) is 4.42. The van der Waals surface area contributed by atoms with E-state index in [0.717, 1.165) is 22.8 Å². The number of benzene rings is 1. The van der Waals surface area contributed by atoms with Gasteiger partial charge in [-0.1, -0.05) is 6.07 Å². The highest BCUT2D eigenvalue weighted by molar-refractivity contribution is 7.80. The van der Waals surface area contributed by atoms with Gasteiger partial charge in [0.1, 0.15) is 11.8 Å². The molecule has 1 aromatic carbocycles. The SMILES string of the molecule is COc1ccc(N2C(=S)N[C@H](c3ccccn3)[C@@H]2c2ccc(C)[nH]2)cc1NC(C)=O. The Bertz CT molecular complexity index is 1080. The summed E-state index contributed by atoms with van der Waals surface area (Å²) in [6, 6.07) is 15.3. The number of H-pyrrole nitrogens is 1. The molecule has 1 amide bonds. The molecule has 3 heterocycles. The number of rotatable bonds is 5. The topological polar surface area (TPSA) is 82.3 Å². The maximum Gasteiger partial charge on any atom is 0.221 e. The van der Waals surface area contributed by atoms with Crippen molar-refractivity contribution in [3.63, 3.8) is 0 Å². The molecule has 0 radical (unpaired) electrons. The molecule has 1 fully saturated rings. The number of aromatic amines is 1. The first kappa shape index (κ1) is 19.9. The number of carbonyl (C=O) groups excluding carboxylic acids is 1. The van der Waals surface area contributed by atoms with Crippen molar-refractivity contribution in [3.8, 4) is 5.75 Å². The summed E-state index contributed by atoms with van der Waals surface area (Å²) in [6.45, 7) is 3.49. The Hall–Kier alpha value is -3.39. The molecule has 1 aliphatic heterocycles. The summed E-state index contributed by atoms with van der Waals surface area (Å²) in [6.07, 6.45) is 1.78. The predicted molar refractivity (Wildman–Crippen MR) is 121 cm³/mol. The monoisotopic (exact) mass is 421 g/mol. The Morgan fingerprint density at radius 1 is 1.23 bits per heavy atom. The molecule has 0 aliphatic carbocycles. The Morgan fingerprint density at radius 3 is 2.70 bits per heavy atom. The lowest BCUT2D eigenvalue weighted by molar-refractivity contribution is -0.114. The fourth-order valence-corrected chi connectivity index (χ4v) is 4.13. The highest BCUT2D eigenvalue weighted by atomic mass is 32.1. The van der Waals surface area contributed by atoms with E-state index in [2.05, 4.69) is 26.7 Å². The van der Waals surface area contributed by atoms with Crippen LogP contribution in [0.25, 0.3) is 0 Å². The number of nitrogens with zero attached hydrogens (tertiary/aromatic N) is 2. The quantitative estimate of drug-likeness (QED) is 0.543. The molecule has 4 rings (SSSR count). The van der Waals surface area contributed by atoms with E-state index in [4.69, 9.17) is 17.0 Å². The molecule has 0 saturated carbocycles. The number of thiocarbonyl (C=S) groups is 1. The highest BCUT2D eigenvalue weighted by Gasteiger charge is 2.41. The van der Waals surface area contributed by atoms with Gasteiger partial charge in [-0.05, 0) is 61.6 Å². The summed E-state index contributed by atoms with van der Waals surface area (Å²) in [5, 5.41) is 6.84. The summed E-state index contributed by atoms with van der Waals surface area (Å²) >= 11 is 5.73. The van der Waals surface area contributed by atoms with Gasteiger partial charge in [-0.3, -0.25) is 9.78 Å². The zero-order valence-corrected chi connectivity index (χ0v) is 17.8. The van der Waals surface area contributed by atoms with Gasteiger partial charge in [-0.2, -0.15) is 0 Å². The molecular weight excluding hydrogens is 398 g/mol. The van der Waals surface area contributed by atoms with Crippen LogP contribution in [0.4, 0.5) is 11.4 Å². The lowest BCUT2D eigenvalue weighted by Gasteiger charge is -2.27. The minimum absolute atomic E-state index is 0.136. The van der Waals surface area contributed by atoms with Gasteiger partial charge >= 0.3 is 0 Å². The van der Waals surface area contributed by atoms with Crippen LogP contribution in [0.2, 0.25) is 0 Å². The first-order valence-electron chi connectivity index (χ1n) is 9.59. The molecule has 8 heteroatoms. The smallest absolute Gasteiger partial charge is 0.221 e. The van der Waals surface area contributed by atoms with E-state index in [0.29, 0.717) is 16.5 Å². The average molecular weight is 422 g/mol. The van der Waals surface area contributed by atoms with Crippen molar-refractivity contribution >= 4 is 34.6 Å². The average Bonchev–Trinajstić information content (AvgIpc) is 3.31. The zero-order valence-electron chi connectivity index (χ0n) is 17.0. The van der Waals surface area contributed by atoms with Crippen LogP contribution in [0.1, 0.15) is 36.1 Å². The molecule has 0 bridgehead atoms. The summed E-state index contributed by atoms with van der Waals surface area (Å²) in [4.78, 5) is 21.7. The fraction of sp³-hybridized carbons (Fsp3) is 0.227. The highest BCUT2D eigenvalue weighted by Crippen LogP contribution is 2.42. The third kappa shape index (κ3) is 3.73. The molecule has 7 nitrogen and oxygen atoms in total. The number of hydrogen-bond donors (Lipinski definition) is 3. The maximum atomic E-state index is 11.7. The molecule has 0 unspecified atom stereocenters. The van der Waals surface area contributed by atoms with Gasteiger partial charge in [-0.15, -0.1) is 0 Å². The molecule has 0 spiro atoms. The number of pyridine rings is 1. The van der Waals surface area contributed by atoms with Crippen LogP contribution < -0.4 is 20.3 Å². The Kier molecular flexibility index (Phi) is 5.41. The number of anilines is 2. The number of aryl methyl sites for hydroxylation is 1. The molecular formula is C22H23N5O2S. The molecule has 1 aliphatic rings. The van der Waals surface area contributed by atoms with E-state index in [1.165, 1.54) is 6.92 Å². The number of methoxy groups -OCH3 is 1. The second-order valence-electron chi connectivity index (χ2n) is 7.16. The van der Waals surface area contributed by atoms with Crippen molar-refractivity contribution < 1.29 is 9.53 Å². The van der Waals surface area contributed by atoms with E-state index in [1.54, 1.807) is 13.3 Å². The van der Waals surface area contributed by atoms with Crippen molar-refractivity contribution in [3.05, 3.63) is 71.8 Å². The molecule has 1 saturated heterocycles. The number of ether oxygens (including phenoxy) is 1. The van der Waals surface area contributed by atoms with E-state index in [-0.39, 0.29) is 18.0 Å². The molecule has 2 aromatic heterocycles. The molecule has 30 heavy (non-hydrogen) atoms. The fourth-order valence-electron chi connectivity index (χ4n) is 3.78. The van der Waals surface area contributed by atoms with Crippen LogP contribution in [0, 0.1) is 6.92 Å². The normalized spacial score (nSPS) is 18.2. The second kappa shape index (κ2) is 8.16. The van der Waals surface area contributed by atoms with Crippen LogP contribution in [0.5, 0.6) is 5.75 Å². The zero-order chi connectivity index (χ0) is 21.3. The van der Waals surface area contributed by atoms with Crippen molar-refractivity contribution in [2.75, 3.05) is 17.3 Å². The molecule has 3 aromatic rings. The van der Waals surface area contributed by atoms with Crippen LogP contribution in [0.3, 0.4) is 0 Å². The van der Waals surface area contributed by atoms with Crippen LogP contribution in [-0.4, -0.2) is 28.1 Å². The lowest BCUT2D eigenvalue weighted by atomic mass is 10.0. The Morgan fingerprint density at radius 2 is 2.07 bits per heavy atom. The Labute approximate surface area is 180 Å². The van der Waals surface area contributed by atoms with E-state index < -0.39 is 0 Å². The van der Waals surface area contributed by atoms with Gasteiger partial charge in [0.05, 0.1) is 24.5 Å². The summed E-state index contributed by atoms with van der Waals surface area (Å²) in [5.74, 6) is 0.413. The van der Waals surface area contributed by atoms with Crippen LogP contribution in [0.15, 0.2) is 54.7 Å². The number of carbonyl (C=O) groups is 1. The van der Waals surface area contributed by atoms with Gasteiger partial charge in [0.25, 0.3) is 0 Å². The van der Waals surface area contributed by atoms with E-state index in [1.807, 2.05) is 54.3 Å². The largest absolute Gasteiger partial charge is 0.495 e. The first-order chi connectivity index (χ1) is 14.5. The number of amides is 1. The van der Waals surface area contributed by atoms with Crippen molar-refractivity contribution in [2.24, 2.45) is 0 Å². The van der Waals surface area contributed by atoms with Crippen LogP contribution >= 0.6 is 12.2 Å². The minimum Gasteiger partial charge on any atom is -0.495 e. The van der Waals surface area contributed by atoms with Gasteiger partial charge in [0, 0.05) is 30.2 Å². The second-order valence-corrected chi connectivity index (χ2v) is 7.55. The van der Waals surface area contributed by atoms with E-state index in [9.17, 15) is 4.79 Å².